The molecule has 0 fully saturated rings. The van der Waals surface area contributed by atoms with E-state index < -0.39 is 12.4 Å². The van der Waals surface area contributed by atoms with E-state index in [0.717, 1.165) is 5.69 Å². The molecule has 0 aliphatic heterocycles. The van der Waals surface area contributed by atoms with Crippen molar-refractivity contribution in [2.24, 2.45) is 0 Å². The maximum atomic E-state index is 10.4. The molecule has 45 heavy (non-hydrogen) atoms. The van der Waals surface area contributed by atoms with Gasteiger partial charge in [0, 0.05) is 50.5 Å². The van der Waals surface area contributed by atoms with Crippen LogP contribution in [0.5, 0.6) is 0 Å². The second kappa shape index (κ2) is 37.2. The molecule has 0 atom stereocenters. The van der Waals surface area contributed by atoms with Gasteiger partial charge in [-0.25, -0.2) is 0 Å². The van der Waals surface area contributed by atoms with Crippen molar-refractivity contribution in [1.29, 1.82) is 0 Å². The van der Waals surface area contributed by atoms with Crippen LogP contribution in [0.3, 0.4) is 0 Å². The van der Waals surface area contributed by atoms with E-state index in [2.05, 4.69) is 62.6 Å². The van der Waals surface area contributed by atoms with Gasteiger partial charge in [0.05, 0.1) is 0 Å². The Labute approximate surface area is 272 Å². The molecule has 3 aromatic heterocycles. The van der Waals surface area contributed by atoms with E-state index in [1.54, 1.807) is 6.20 Å². The first-order valence-electron chi connectivity index (χ1n) is 15.8. The summed E-state index contributed by atoms with van der Waals surface area (Å²) in [5.41, 5.74) is 3.82. The molecule has 3 rings (SSSR count). The predicted molar refractivity (Wildman–Crippen MR) is 184 cm³/mol. The Morgan fingerprint density at radius 3 is 1.07 bits per heavy atom. The van der Waals surface area contributed by atoms with E-state index in [0.29, 0.717) is 17.8 Å². The summed E-state index contributed by atoms with van der Waals surface area (Å²) in [4.78, 5) is 12.1. The SMILES string of the molecule is CC.CC.CC.CC.CC(C)c1ccccn1.CC(C)c1cccnc1.CC(C)c1ccncc1.CC(F)(F)F.CC(F)(F)F. The summed E-state index contributed by atoms with van der Waals surface area (Å²) < 4.78 is 62.1. The van der Waals surface area contributed by atoms with Crippen LogP contribution in [0.25, 0.3) is 0 Å². The maximum absolute atomic E-state index is 10.4. The van der Waals surface area contributed by atoms with Crippen molar-refractivity contribution in [3.8, 4) is 0 Å². The smallest absolute Gasteiger partial charge is 0.265 e. The van der Waals surface area contributed by atoms with E-state index in [-0.39, 0.29) is 13.8 Å². The summed E-state index contributed by atoms with van der Waals surface area (Å²) in [6, 6.07) is 14.2. The first-order chi connectivity index (χ1) is 20.9. The molecular formula is C36H63F6N3. The third-order valence-corrected chi connectivity index (χ3v) is 4.00. The van der Waals surface area contributed by atoms with Crippen LogP contribution < -0.4 is 0 Å². The topological polar surface area (TPSA) is 38.7 Å². The highest BCUT2D eigenvalue weighted by Crippen LogP contribution is 2.12. The molecule has 0 unspecified atom stereocenters. The molecule has 3 nitrogen and oxygen atoms in total. The van der Waals surface area contributed by atoms with Gasteiger partial charge in [0.2, 0.25) is 0 Å². The lowest BCUT2D eigenvalue weighted by Crippen LogP contribution is -1.95. The molecular weight excluding hydrogens is 588 g/mol. The fourth-order valence-corrected chi connectivity index (χ4v) is 2.18. The summed E-state index contributed by atoms with van der Waals surface area (Å²) in [5.74, 6) is 1.76. The van der Waals surface area contributed by atoms with Crippen LogP contribution in [0.15, 0.2) is 73.4 Å². The molecule has 0 bridgehead atoms. The number of alkyl halides is 6. The number of nitrogens with zero attached hydrogens (tertiary/aromatic N) is 3. The third-order valence-electron chi connectivity index (χ3n) is 4.00. The molecule has 0 aliphatic carbocycles. The third kappa shape index (κ3) is 57.3. The first-order valence-corrected chi connectivity index (χ1v) is 15.8. The average Bonchev–Trinajstić information content (AvgIpc) is 3.01. The quantitative estimate of drug-likeness (QED) is 0.265. The van der Waals surface area contributed by atoms with E-state index in [1.807, 2.05) is 117 Å². The number of hydrogen-bond acceptors (Lipinski definition) is 3. The Kier molecular flexibility index (Phi) is 45.1. The number of halogens is 6. The van der Waals surface area contributed by atoms with Crippen molar-refractivity contribution in [2.75, 3.05) is 0 Å². The molecule has 3 aromatic rings. The van der Waals surface area contributed by atoms with Crippen LogP contribution in [-0.2, 0) is 0 Å². The van der Waals surface area contributed by atoms with Crippen LogP contribution >= 0.6 is 0 Å². The zero-order valence-corrected chi connectivity index (χ0v) is 30.8. The Bertz CT molecular complexity index is 771. The lowest BCUT2D eigenvalue weighted by atomic mass is 10.1. The maximum Gasteiger partial charge on any atom is 0.386 e. The number of hydrogen-bond donors (Lipinski definition) is 0. The van der Waals surface area contributed by atoms with Crippen molar-refractivity contribution in [3.63, 3.8) is 0 Å². The van der Waals surface area contributed by atoms with E-state index in [1.165, 1.54) is 11.1 Å². The van der Waals surface area contributed by atoms with Crippen molar-refractivity contribution in [1.82, 2.24) is 15.0 Å². The normalized spacial score (nSPS) is 9.27. The van der Waals surface area contributed by atoms with Gasteiger partial charge >= 0.3 is 12.4 Å². The minimum Gasteiger partial charge on any atom is -0.265 e. The van der Waals surface area contributed by atoms with Gasteiger partial charge in [-0.2, -0.15) is 26.3 Å². The highest BCUT2D eigenvalue weighted by molar-refractivity contribution is 5.13. The fraction of sp³-hybridized carbons (Fsp3) is 0.583. The Balaban J connectivity index is -0.000000102. The standard InChI is InChI=1S/3C8H11N.2C2H3F3.4C2H6/c1-7(2)8-3-5-9-6-4-8;1-7(2)8-4-3-5-9-6-8;1-7(2)8-5-3-4-6-9-8;2*1-2(3,4)5;4*1-2/h3*3-7H,1-2H3;2*1H3;4*1-2H3. The van der Waals surface area contributed by atoms with E-state index in [4.69, 9.17) is 0 Å². The summed E-state index contributed by atoms with van der Waals surface area (Å²) in [6.45, 7) is 29.3. The van der Waals surface area contributed by atoms with Crippen molar-refractivity contribution >= 4 is 0 Å². The van der Waals surface area contributed by atoms with Gasteiger partial charge in [0.25, 0.3) is 0 Å². The summed E-state index contributed by atoms with van der Waals surface area (Å²) in [5, 5.41) is 0. The number of pyridine rings is 3. The Morgan fingerprint density at radius 1 is 0.467 bits per heavy atom. The Hall–Kier alpha value is -2.97. The monoisotopic (exact) mass is 651 g/mol. The summed E-state index contributed by atoms with van der Waals surface area (Å²) >= 11 is 0. The largest absolute Gasteiger partial charge is 0.386 e. The molecule has 9 heteroatoms. The van der Waals surface area contributed by atoms with Crippen molar-refractivity contribution < 1.29 is 26.3 Å². The molecule has 0 aliphatic rings. The van der Waals surface area contributed by atoms with E-state index >= 15 is 0 Å². The fourth-order valence-electron chi connectivity index (χ4n) is 2.18. The van der Waals surface area contributed by atoms with Gasteiger partial charge in [-0.05, 0) is 59.2 Å². The lowest BCUT2D eigenvalue weighted by molar-refractivity contribution is -0.111. The molecule has 0 spiro atoms. The number of aromatic nitrogens is 3. The second-order valence-electron chi connectivity index (χ2n) is 8.85. The van der Waals surface area contributed by atoms with Crippen LogP contribution in [0.1, 0.15) is 145 Å². The van der Waals surface area contributed by atoms with Gasteiger partial charge in [-0.1, -0.05) is 109 Å². The molecule has 0 radical (unpaired) electrons. The van der Waals surface area contributed by atoms with Crippen LogP contribution in [0, 0.1) is 0 Å². The summed E-state index contributed by atoms with van der Waals surface area (Å²) in [6.07, 6.45) is 1.19. The van der Waals surface area contributed by atoms with Crippen molar-refractivity contribution in [3.05, 3.63) is 90.3 Å². The van der Waals surface area contributed by atoms with Gasteiger partial charge in [-0.3, -0.25) is 15.0 Å². The first kappa shape index (κ1) is 54.5. The summed E-state index contributed by atoms with van der Waals surface area (Å²) in [7, 11) is 0. The molecule has 3 heterocycles. The highest BCUT2D eigenvalue weighted by Gasteiger charge is 2.16. The van der Waals surface area contributed by atoms with Crippen LogP contribution in [-0.4, -0.2) is 27.3 Å². The molecule has 0 saturated carbocycles. The van der Waals surface area contributed by atoms with Crippen molar-refractivity contribution in [2.45, 2.75) is 141 Å². The van der Waals surface area contributed by atoms with Gasteiger partial charge in [0.15, 0.2) is 0 Å². The predicted octanol–water partition coefficient (Wildman–Crippen LogP) is 13.9. The van der Waals surface area contributed by atoms with E-state index in [9.17, 15) is 26.3 Å². The second-order valence-corrected chi connectivity index (χ2v) is 8.85. The van der Waals surface area contributed by atoms with Crippen LogP contribution in [0.4, 0.5) is 26.3 Å². The zero-order chi connectivity index (χ0) is 37.1. The molecule has 264 valence electrons. The average molecular weight is 652 g/mol. The molecule has 0 amide bonds. The minimum absolute atomic E-state index is 0.188. The molecule has 0 aromatic carbocycles. The van der Waals surface area contributed by atoms with Gasteiger partial charge < -0.3 is 0 Å². The molecule has 0 saturated heterocycles. The molecule has 0 N–H and O–H groups in total. The zero-order valence-electron chi connectivity index (χ0n) is 30.8. The van der Waals surface area contributed by atoms with Crippen LogP contribution in [0.2, 0.25) is 0 Å². The minimum atomic E-state index is -4.00. The van der Waals surface area contributed by atoms with Gasteiger partial charge in [-0.15, -0.1) is 0 Å². The van der Waals surface area contributed by atoms with Gasteiger partial charge in [0.1, 0.15) is 0 Å². The Morgan fingerprint density at radius 2 is 0.867 bits per heavy atom. The number of rotatable bonds is 3. The lowest BCUT2D eigenvalue weighted by Gasteiger charge is -2.01. The highest BCUT2D eigenvalue weighted by atomic mass is 19.4.